The quantitative estimate of drug-likeness (QED) is 0.760. The van der Waals surface area contributed by atoms with Crippen molar-refractivity contribution in [3.8, 4) is 0 Å². The summed E-state index contributed by atoms with van der Waals surface area (Å²) in [5.74, 6) is -0.0531. The molecule has 1 aromatic carbocycles. The van der Waals surface area contributed by atoms with Gasteiger partial charge in [-0.2, -0.15) is 0 Å². The number of carbonyl (C=O) groups excluding carboxylic acids is 1. The fourth-order valence-electron chi connectivity index (χ4n) is 2.39. The Balaban J connectivity index is 2.60. The molecule has 0 unspecified atom stereocenters. The van der Waals surface area contributed by atoms with Crippen LogP contribution >= 0.6 is 12.2 Å². The van der Waals surface area contributed by atoms with Crippen molar-refractivity contribution in [2.75, 3.05) is 6.54 Å². The Morgan fingerprint density at radius 2 is 2.00 bits per heavy atom. The largest absolute Gasteiger partial charge is 0.392 e. The summed E-state index contributed by atoms with van der Waals surface area (Å²) in [6, 6.07) is 8.30. The molecule has 0 radical (unpaired) electrons. The van der Waals surface area contributed by atoms with E-state index in [1.165, 1.54) is 11.1 Å². The first-order valence-corrected chi connectivity index (χ1v) is 7.50. The van der Waals surface area contributed by atoms with Gasteiger partial charge in [-0.25, -0.2) is 0 Å². The highest BCUT2D eigenvalue weighted by molar-refractivity contribution is 7.80. The van der Waals surface area contributed by atoms with Gasteiger partial charge in [0, 0.05) is 6.54 Å². The molecule has 1 rings (SSSR count). The molecule has 0 bridgehead atoms. The zero-order valence-corrected chi connectivity index (χ0v) is 13.3. The highest BCUT2D eigenvalue weighted by Crippen LogP contribution is 2.27. The molecular weight excluding hydrogens is 268 g/mol. The third-order valence-electron chi connectivity index (χ3n) is 3.90. The van der Waals surface area contributed by atoms with Crippen LogP contribution in [0.15, 0.2) is 24.3 Å². The molecule has 0 atom stereocenters. The maximum atomic E-state index is 12.3. The van der Waals surface area contributed by atoms with Crippen LogP contribution in [0.5, 0.6) is 0 Å². The highest BCUT2D eigenvalue weighted by Gasteiger charge is 2.37. The van der Waals surface area contributed by atoms with Crippen LogP contribution in [-0.2, 0) is 11.2 Å². The lowest BCUT2D eigenvalue weighted by Gasteiger charge is -2.28. The number of hydrogen-bond acceptors (Lipinski definition) is 2. The summed E-state index contributed by atoms with van der Waals surface area (Å²) >= 11 is 5.08. The molecule has 0 spiro atoms. The van der Waals surface area contributed by atoms with Crippen molar-refractivity contribution in [1.29, 1.82) is 0 Å². The molecule has 3 N–H and O–H groups in total. The van der Waals surface area contributed by atoms with Crippen LogP contribution < -0.4 is 11.1 Å². The minimum Gasteiger partial charge on any atom is -0.392 e. The van der Waals surface area contributed by atoms with Crippen molar-refractivity contribution in [2.24, 2.45) is 11.1 Å². The van der Waals surface area contributed by atoms with Crippen LogP contribution in [0.2, 0.25) is 0 Å². The van der Waals surface area contributed by atoms with Crippen molar-refractivity contribution in [2.45, 2.75) is 40.0 Å². The van der Waals surface area contributed by atoms with E-state index in [2.05, 4.69) is 30.4 Å². The maximum Gasteiger partial charge on any atom is 0.233 e. The summed E-state index contributed by atoms with van der Waals surface area (Å²) in [5, 5.41) is 2.97. The van der Waals surface area contributed by atoms with Gasteiger partial charge >= 0.3 is 0 Å². The first-order valence-electron chi connectivity index (χ1n) is 7.10. The standard InChI is InChI=1S/C16H24N2OS/c1-4-16(5-2,14(17)20)15(19)18-10-9-13-8-6-7-12(3)11-13/h6-8,11H,4-5,9-10H2,1-3H3,(H2,17,20)(H,18,19). The van der Waals surface area contributed by atoms with Gasteiger partial charge in [-0.1, -0.05) is 55.9 Å². The number of nitrogens with two attached hydrogens (primary N) is 1. The molecule has 1 aromatic rings. The van der Waals surface area contributed by atoms with Crippen molar-refractivity contribution in [3.05, 3.63) is 35.4 Å². The maximum absolute atomic E-state index is 12.3. The molecule has 1 amide bonds. The van der Waals surface area contributed by atoms with Gasteiger partial charge in [0.25, 0.3) is 0 Å². The van der Waals surface area contributed by atoms with E-state index in [9.17, 15) is 4.79 Å². The van der Waals surface area contributed by atoms with Gasteiger partial charge in [0.15, 0.2) is 0 Å². The number of benzene rings is 1. The van der Waals surface area contributed by atoms with E-state index in [0.717, 1.165) is 6.42 Å². The summed E-state index contributed by atoms with van der Waals surface area (Å²) < 4.78 is 0. The Morgan fingerprint density at radius 1 is 1.35 bits per heavy atom. The minimum atomic E-state index is -0.706. The summed E-state index contributed by atoms with van der Waals surface area (Å²) in [6.45, 7) is 6.56. The van der Waals surface area contributed by atoms with Gasteiger partial charge < -0.3 is 11.1 Å². The van der Waals surface area contributed by atoms with E-state index >= 15 is 0 Å². The average Bonchev–Trinajstić information content (AvgIpc) is 2.40. The first kappa shape index (κ1) is 16.6. The number of aryl methyl sites for hydroxylation is 1. The van der Waals surface area contributed by atoms with Gasteiger partial charge in [-0.3, -0.25) is 4.79 Å². The number of rotatable bonds is 7. The summed E-state index contributed by atoms with van der Waals surface area (Å²) in [5.41, 5.74) is 7.51. The summed E-state index contributed by atoms with van der Waals surface area (Å²) in [7, 11) is 0. The smallest absolute Gasteiger partial charge is 0.233 e. The minimum absolute atomic E-state index is 0.0531. The normalized spacial score (nSPS) is 11.2. The molecule has 20 heavy (non-hydrogen) atoms. The number of carbonyl (C=O) groups is 1. The van der Waals surface area contributed by atoms with Crippen LogP contribution in [0, 0.1) is 12.3 Å². The van der Waals surface area contributed by atoms with Crippen molar-refractivity contribution < 1.29 is 4.79 Å². The molecule has 0 saturated heterocycles. The highest BCUT2D eigenvalue weighted by atomic mass is 32.1. The van der Waals surface area contributed by atoms with Crippen LogP contribution in [0.3, 0.4) is 0 Å². The van der Waals surface area contributed by atoms with Crippen molar-refractivity contribution in [1.82, 2.24) is 5.32 Å². The van der Waals surface area contributed by atoms with E-state index in [1.54, 1.807) is 0 Å². The van der Waals surface area contributed by atoms with Crippen molar-refractivity contribution in [3.63, 3.8) is 0 Å². The predicted molar refractivity (Wildman–Crippen MR) is 87.7 cm³/mol. The van der Waals surface area contributed by atoms with Crippen LogP contribution in [0.4, 0.5) is 0 Å². The lowest BCUT2D eigenvalue weighted by molar-refractivity contribution is -0.127. The van der Waals surface area contributed by atoms with E-state index in [-0.39, 0.29) is 10.9 Å². The number of amides is 1. The second-order valence-corrected chi connectivity index (χ2v) is 5.59. The number of hydrogen-bond donors (Lipinski definition) is 2. The van der Waals surface area contributed by atoms with E-state index in [0.29, 0.717) is 19.4 Å². The van der Waals surface area contributed by atoms with Crippen LogP contribution in [-0.4, -0.2) is 17.4 Å². The summed E-state index contributed by atoms with van der Waals surface area (Å²) in [6.07, 6.45) is 2.08. The number of nitrogens with one attached hydrogen (secondary N) is 1. The lowest BCUT2D eigenvalue weighted by atomic mass is 9.81. The zero-order valence-electron chi connectivity index (χ0n) is 12.5. The average molecular weight is 292 g/mol. The summed E-state index contributed by atoms with van der Waals surface area (Å²) in [4.78, 5) is 12.6. The molecule has 110 valence electrons. The molecule has 3 nitrogen and oxygen atoms in total. The Labute approximate surface area is 126 Å². The van der Waals surface area contributed by atoms with E-state index < -0.39 is 5.41 Å². The Hall–Kier alpha value is -1.42. The Morgan fingerprint density at radius 3 is 2.50 bits per heavy atom. The van der Waals surface area contributed by atoms with Gasteiger partial charge in [0.05, 0.1) is 10.4 Å². The zero-order chi connectivity index (χ0) is 15.2. The van der Waals surface area contributed by atoms with Gasteiger partial charge in [0.1, 0.15) is 0 Å². The molecule has 0 heterocycles. The molecule has 0 aliphatic heterocycles. The van der Waals surface area contributed by atoms with Gasteiger partial charge in [-0.15, -0.1) is 0 Å². The molecule has 4 heteroatoms. The fourth-order valence-corrected chi connectivity index (χ4v) is 2.77. The molecule has 0 aliphatic carbocycles. The lowest BCUT2D eigenvalue weighted by Crippen LogP contribution is -2.48. The second-order valence-electron chi connectivity index (χ2n) is 5.15. The molecule has 0 fully saturated rings. The first-order chi connectivity index (χ1) is 9.46. The van der Waals surface area contributed by atoms with Crippen molar-refractivity contribution >= 4 is 23.1 Å². The molecule has 0 aromatic heterocycles. The van der Waals surface area contributed by atoms with Crippen LogP contribution in [0.1, 0.15) is 37.8 Å². The SMILES string of the molecule is CCC(CC)(C(=O)NCCc1cccc(C)c1)C(N)=S. The third kappa shape index (κ3) is 3.79. The Bertz CT molecular complexity index is 481. The number of thiocarbonyl (C=S) groups is 1. The van der Waals surface area contributed by atoms with E-state index in [4.69, 9.17) is 18.0 Å². The Kier molecular flexibility index (Phi) is 6.14. The van der Waals surface area contributed by atoms with Crippen LogP contribution in [0.25, 0.3) is 0 Å². The van der Waals surface area contributed by atoms with Gasteiger partial charge in [-0.05, 0) is 31.7 Å². The molecular formula is C16H24N2OS. The fraction of sp³-hybridized carbons (Fsp3) is 0.500. The van der Waals surface area contributed by atoms with Gasteiger partial charge in [0.2, 0.25) is 5.91 Å². The molecule has 0 saturated carbocycles. The second kappa shape index (κ2) is 7.39. The monoisotopic (exact) mass is 292 g/mol. The topological polar surface area (TPSA) is 55.1 Å². The third-order valence-corrected chi connectivity index (χ3v) is 4.29. The molecule has 0 aliphatic rings. The van der Waals surface area contributed by atoms with E-state index in [1.807, 2.05) is 19.9 Å². The predicted octanol–water partition coefficient (Wildman–Crippen LogP) is 2.75.